The molecule has 2 nitrogen and oxygen atoms in total. The smallest absolute Gasteiger partial charge is 0.193 e. The summed E-state index contributed by atoms with van der Waals surface area (Å²) in [6.45, 7) is 16.9. The molecule has 0 radical (unpaired) electrons. The highest BCUT2D eigenvalue weighted by molar-refractivity contribution is 6.71. The quantitative estimate of drug-likeness (QED) is 0.180. The third kappa shape index (κ3) is 4.72. The Bertz CT molecular complexity index is 3470. The van der Waals surface area contributed by atoms with Gasteiger partial charge in [0.2, 0.25) is 0 Å². The Hall–Kier alpha value is -6.32. The summed E-state index contributed by atoms with van der Waals surface area (Å²) in [6, 6.07) is 50.8. The maximum Gasteiger partial charge on any atom is 0.193 e. The molecule has 0 amide bonds. The minimum absolute atomic E-state index is 0.0869. The van der Waals surface area contributed by atoms with Crippen LogP contribution in [0.3, 0.4) is 0 Å². The van der Waals surface area contributed by atoms with Crippen LogP contribution in [0.2, 0.25) is 0 Å². The zero-order valence-corrected chi connectivity index (χ0v) is 36.8. The van der Waals surface area contributed by atoms with Gasteiger partial charge in [-0.2, -0.15) is 0 Å². The van der Waals surface area contributed by atoms with Gasteiger partial charge in [0.1, 0.15) is 11.2 Å². The molecular formula is C59H50BNO. The summed E-state index contributed by atoms with van der Waals surface area (Å²) in [4.78, 5) is 0. The minimum Gasteiger partial charge on any atom is -0.455 e. The fourth-order valence-corrected chi connectivity index (χ4v) is 12.7. The molecule has 0 bridgehead atoms. The van der Waals surface area contributed by atoms with E-state index in [2.05, 4.69) is 187 Å². The second kappa shape index (κ2) is 12.2. The first-order valence-corrected chi connectivity index (χ1v) is 22.7. The second-order valence-electron chi connectivity index (χ2n) is 20.7. The second-order valence-corrected chi connectivity index (χ2v) is 20.7. The Kier molecular flexibility index (Phi) is 7.15. The molecule has 3 heteroatoms. The molecule has 1 atom stereocenters. The van der Waals surface area contributed by atoms with Crippen molar-refractivity contribution in [3.8, 4) is 33.4 Å². The van der Waals surface area contributed by atoms with Crippen LogP contribution in [0.5, 0.6) is 0 Å². The van der Waals surface area contributed by atoms with Gasteiger partial charge in [-0.1, -0.05) is 162 Å². The molecule has 4 aliphatic rings. The summed E-state index contributed by atoms with van der Waals surface area (Å²) >= 11 is 0. The van der Waals surface area contributed by atoms with E-state index in [4.69, 9.17) is 4.42 Å². The van der Waals surface area contributed by atoms with Crippen molar-refractivity contribution in [3.63, 3.8) is 0 Å². The van der Waals surface area contributed by atoms with Gasteiger partial charge in [-0.15, -0.1) is 0 Å². The highest BCUT2D eigenvalue weighted by Crippen LogP contribution is 2.58. The third-order valence-electron chi connectivity index (χ3n) is 16.0. The predicted molar refractivity (Wildman–Crippen MR) is 263 cm³/mol. The van der Waals surface area contributed by atoms with E-state index in [0.717, 1.165) is 34.9 Å². The summed E-state index contributed by atoms with van der Waals surface area (Å²) in [5, 5.41) is 9.13. The molecular weight excluding hydrogens is 749 g/mol. The molecule has 1 N–H and O–H groups in total. The fourth-order valence-electron chi connectivity index (χ4n) is 12.7. The number of furan rings is 1. The highest BCUT2D eigenvalue weighted by atomic mass is 16.3. The zero-order chi connectivity index (χ0) is 42.0. The van der Waals surface area contributed by atoms with E-state index in [1.54, 1.807) is 0 Å². The van der Waals surface area contributed by atoms with E-state index in [9.17, 15) is 0 Å². The van der Waals surface area contributed by atoms with Crippen molar-refractivity contribution in [1.29, 1.82) is 0 Å². The Labute approximate surface area is 365 Å². The fraction of sp³-hybridized carbons (Fsp3) is 0.220. The van der Waals surface area contributed by atoms with Crippen LogP contribution in [0.4, 0.5) is 11.4 Å². The van der Waals surface area contributed by atoms with Crippen LogP contribution < -0.4 is 16.2 Å². The average molecular weight is 800 g/mol. The number of rotatable bonds is 3. The van der Waals surface area contributed by atoms with Crippen molar-refractivity contribution < 1.29 is 4.42 Å². The first-order chi connectivity index (χ1) is 29.9. The van der Waals surface area contributed by atoms with Gasteiger partial charge in [0, 0.05) is 33.4 Å². The number of fused-ring (bicyclic) bond motifs is 14. The SMILES string of the molecule is Cc1cc2c(cc1Nc1ccc3c(oc4ccccc43)c1-c1c3c(cc4c1C(C)(C)c1ccccc1-4)C1c4c(cccc4-c4ccc5ccccc5c41)B3)C(C)(C)CCC2(C)C. The molecule has 1 unspecified atom stereocenters. The topological polar surface area (TPSA) is 25.2 Å². The molecule has 8 aromatic carbocycles. The molecule has 1 aliphatic heterocycles. The van der Waals surface area contributed by atoms with E-state index < -0.39 is 0 Å². The maximum atomic E-state index is 7.20. The first-order valence-electron chi connectivity index (χ1n) is 22.7. The van der Waals surface area contributed by atoms with Gasteiger partial charge in [0.05, 0.1) is 5.69 Å². The Balaban J connectivity index is 1.16. The number of benzene rings is 8. The summed E-state index contributed by atoms with van der Waals surface area (Å²) in [5.41, 5.74) is 26.2. The van der Waals surface area contributed by atoms with Crippen molar-refractivity contribution in [1.82, 2.24) is 0 Å². The molecule has 300 valence electrons. The minimum atomic E-state index is -0.262. The van der Waals surface area contributed by atoms with E-state index >= 15 is 0 Å². The summed E-state index contributed by atoms with van der Waals surface area (Å²) in [5.74, 6) is 0.116. The van der Waals surface area contributed by atoms with Gasteiger partial charge in [0.25, 0.3) is 0 Å². The molecule has 13 rings (SSSR count). The standard InChI is InChI=1S/C59H50BNO/c1-32-29-43-44(58(4,5)28-27-57(43,2)3)31-47(32)61-46-26-25-39-36-18-11-13-22-48(36)62-56(39)52(46)53-54-40(35-17-10-12-20-42(35)59(54,6)7)30-41-51-49-34-16-9-8-15-33(34)23-24-38(49)37-19-14-21-45(50(37)51)60-55(41)53/h8-26,29-31,51,60-61H,27-28H2,1-7H3. The van der Waals surface area contributed by atoms with Gasteiger partial charge >= 0.3 is 0 Å². The molecule has 0 saturated heterocycles. The monoisotopic (exact) mass is 799 g/mol. The van der Waals surface area contributed by atoms with Crippen LogP contribution in [0.15, 0.2) is 138 Å². The molecule has 0 spiro atoms. The summed E-state index contributed by atoms with van der Waals surface area (Å²) < 4.78 is 7.20. The summed E-state index contributed by atoms with van der Waals surface area (Å²) in [7, 11) is 0.854. The van der Waals surface area contributed by atoms with Crippen LogP contribution in [0.25, 0.3) is 66.1 Å². The number of anilines is 2. The normalized spacial score (nSPS) is 17.8. The maximum absolute atomic E-state index is 7.20. The molecule has 9 aromatic rings. The third-order valence-corrected chi connectivity index (χ3v) is 16.0. The van der Waals surface area contributed by atoms with Crippen LogP contribution in [-0.4, -0.2) is 7.28 Å². The molecule has 62 heavy (non-hydrogen) atoms. The van der Waals surface area contributed by atoms with E-state index in [-0.39, 0.29) is 22.2 Å². The van der Waals surface area contributed by atoms with Crippen molar-refractivity contribution in [2.45, 2.75) is 83.5 Å². The lowest BCUT2D eigenvalue weighted by Crippen LogP contribution is -2.41. The first kappa shape index (κ1) is 36.3. The van der Waals surface area contributed by atoms with Crippen molar-refractivity contribution in [2.75, 3.05) is 5.32 Å². The van der Waals surface area contributed by atoms with Crippen molar-refractivity contribution in [2.24, 2.45) is 0 Å². The number of hydrogen-bond donors (Lipinski definition) is 1. The highest BCUT2D eigenvalue weighted by Gasteiger charge is 2.45. The number of hydrogen-bond acceptors (Lipinski definition) is 2. The predicted octanol–water partition coefficient (Wildman–Crippen LogP) is 14.0. The number of para-hydroxylation sites is 1. The van der Waals surface area contributed by atoms with E-state index in [1.807, 2.05) is 0 Å². The van der Waals surface area contributed by atoms with E-state index in [0.29, 0.717) is 0 Å². The number of aryl methyl sites for hydroxylation is 1. The van der Waals surface area contributed by atoms with Crippen LogP contribution in [0, 0.1) is 6.92 Å². The lowest BCUT2D eigenvalue weighted by atomic mass is 9.51. The largest absolute Gasteiger partial charge is 0.455 e. The van der Waals surface area contributed by atoms with Crippen LogP contribution in [0.1, 0.15) is 105 Å². The van der Waals surface area contributed by atoms with Crippen LogP contribution in [-0.2, 0) is 16.2 Å². The average Bonchev–Trinajstić information content (AvgIpc) is 3.89. The lowest BCUT2D eigenvalue weighted by Gasteiger charge is -2.42. The molecule has 0 saturated carbocycles. The molecule has 0 fully saturated rings. The van der Waals surface area contributed by atoms with Gasteiger partial charge in [-0.25, -0.2) is 0 Å². The molecule has 1 aromatic heterocycles. The van der Waals surface area contributed by atoms with Gasteiger partial charge in [-0.3, -0.25) is 0 Å². The van der Waals surface area contributed by atoms with Gasteiger partial charge in [-0.05, 0) is 138 Å². The number of nitrogens with one attached hydrogen (secondary N) is 1. The Morgan fingerprint density at radius 1 is 0.565 bits per heavy atom. The molecule has 2 heterocycles. The summed E-state index contributed by atoms with van der Waals surface area (Å²) in [6.07, 6.45) is 2.37. The Morgan fingerprint density at radius 2 is 1.27 bits per heavy atom. The van der Waals surface area contributed by atoms with E-state index in [1.165, 1.54) is 118 Å². The van der Waals surface area contributed by atoms with Gasteiger partial charge < -0.3 is 9.73 Å². The Morgan fingerprint density at radius 3 is 2.11 bits per heavy atom. The van der Waals surface area contributed by atoms with Crippen LogP contribution >= 0.6 is 0 Å². The van der Waals surface area contributed by atoms with Crippen molar-refractivity contribution in [3.05, 3.63) is 178 Å². The van der Waals surface area contributed by atoms with Crippen molar-refractivity contribution >= 4 is 62.3 Å². The lowest BCUT2D eigenvalue weighted by molar-refractivity contribution is 0.332. The zero-order valence-electron chi connectivity index (χ0n) is 36.8. The van der Waals surface area contributed by atoms with Gasteiger partial charge in [0.15, 0.2) is 7.28 Å². The molecule has 3 aliphatic carbocycles.